The van der Waals surface area contributed by atoms with Crippen molar-refractivity contribution in [1.29, 1.82) is 0 Å². The van der Waals surface area contributed by atoms with Gasteiger partial charge in [0, 0.05) is 17.3 Å². The van der Waals surface area contributed by atoms with Crippen molar-refractivity contribution in [2.24, 2.45) is 0 Å². The zero-order valence-electron chi connectivity index (χ0n) is 15.3. The Kier molecular flexibility index (Phi) is 3.24. The van der Waals surface area contributed by atoms with E-state index in [2.05, 4.69) is 78.9 Å². The van der Waals surface area contributed by atoms with E-state index >= 15 is 0 Å². The molecule has 0 N–H and O–H groups in total. The Labute approximate surface area is 163 Å². The molecule has 1 nitrogen and oxygen atoms in total. The highest BCUT2D eigenvalue weighted by molar-refractivity contribution is 6.25. The summed E-state index contributed by atoms with van der Waals surface area (Å²) in [6, 6.07) is 34.5. The Morgan fingerprint density at radius 1 is 0.464 bits per heavy atom. The Hall–Kier alpha value is -3.71. The molecule has 0 saturated heterocycles. The molecule has 0 saturated carbocycles. The predicted molar refractivity (Wildman–Crippen MR) is 119 cm³/mol. The first kappa shape index (κ1) is 15.4. The maximum absolute atomic E-state index is 4.73. The van der Waals surface area contributed by atoms with E-state index in [-0.39, 0.29) is 0 Å². The van der Waals surface area contributed by atoms with Gasteiger partial charge < -0.3 is 0 Å². The Bertz CT molecular complexity index is 1410. The lowest BCUT2D eigenvalue weighted by Gasteiger charge is -2.14. The predicted octanol–water partition coefficient (Wildman–Crippen LogP) is 7.31. The first-order valence-electron chi connectivity index (χ1n) is 9.57. The van der Waals surface area contributed by atoms with Gasteiger partial charge in [0.1, 0.15) is 0 Å². The van der Waals surface area contributed by atoms with E-state index in [4.69, 9.17) is 4.98 Å². The van der Waals surface area contributed by atoms with E-state index in [1.807, 2.05) is 24.4 Å². The summed E-state index contributed by atoms with van der Waals surface area (Å²) < 4.78 is 0. The van der Waals surface area contributed by atoms with Crippen LogP contribution in [0.4, 0.5) is 0 Å². The van der Waals surface area contributed by atoms with Gasteiger partial charge in [-0.2, -0.15) is 0 Å². The number of rotatable bonds is 2. The van der Waals surface area contributed by atoms with Gasteiger partial charge in [-0.15, -0.1) is 0 Å². The fraction of sp³-hybridized carbons (Fsp3) is 0. The number of hydrogen-bond donors (Lipinski definition) is 0. The van der Waals surface area contributed by atoms with Gasteiger partial charge in [0.25, 0.3) is 0 Å². The lowest BCUT2D eigenvalue weighted by Crippen LogP contribution is -1.89. The second kappa shape index (κ2) is 5.90. The molecule has 1 aromatic heterocycles. The summed E-state index contributed by atoms with van der Waals surface area (Å²) in [5.74, 6) is 0. The average molecular weight is 355 g/mol. The van der Waals surface area contributed by atoms with Gasteiger partial charge in [0.05, 0.1) is 5.69 Å². The number of hydrogen-bond acceptors (Lipinski definition) is 1. The monoisotopic (exact) mass is 355 g/mol. The van der Waals surface area contributed by atoms with Crippen LogP contribution in [0.2, 0.25) is 0 Å². The molecule has 0 atom stereocenters. The highest BCUT2D eigenvalue weighted by atomic mass is 14.7. The lowest BCUT2D eigenvalue weighted by atomic mass is 9.90. The van der Waals surface area contributed by atoms with Crippen molar-refractivity contribution in [2.75, 3.05) is 0 Å². The molecule has 0 aliphatic carbocycles. The van der Waals surface area contributed by atoms with E-state index in [9.17, 15) is 0 Å². The minimum absolute atomic E-state index is 1.00. The van der Waals surface area contributed by atoms with Gasteiger partial charge in [-0.05, 0) is 43.9 Å². The van der Waals surface area contributed by atoms with Gasteiger partial charge in [0.2, 0.25) is 0 Å². The molecule has 0 aliphatic rings. The van der Waals surface area contributed by atoms with Gasteiger partial charge in [-0.25, -0.2) is 0 Å². The molecular weight excluding hydrogens is 338 g/mol. The molecule has 0 unspecified atom stereocenters. The van der Waals surface area contributed by atoms with Crippen LogP contribution in [0.3, 0.4) is 0 Å². The van der Waals surface area contributed by atoms with Crippen molar-refractivity contribution in [1.82, 2.24) is 4.98 Å². The maximum Gasteiger partial charge on any atom is 0.0702 e. The molecule has 0 fully saturated rings. The van der Waals surface area contributed by atoms with Crippen LogP contribution in [0.1, 0.15) is 0 Å². The Morgan fingerprint density at radius 3 is 1.93 bits per heavy atom. The molecule has 6 aromatic rings. The molecule has 1 heteroatoms. The van der Waals surface area contributed by atoms with Crippen LogP contribution in [0.25, 0.3) is 54.7 Å². The first-order valence-corrected chi connectivity index (χ1v) is 9.57. The molecule has 6 rings (SSSR count). The Morgan fingerprint density at radius 2 is 1.18 bits per heavy atom. The third kappa shape index (κ3) is 2.23. The van der Waals surface area contributed by atoms with Crippen LogP contribution < -0.4 is 0 Å². The SMILES string of the molecule is c1ccc(-c2ccc(-c3ccc4ccc5cccc6ccc3c4c56)cn2)cc1. The van der Waals surface area contributed by atoms with Crippen LogP contribution >= 0.6 is 0 Å². The van der Waals surface area contributed by atoms with Crippen LogP contribution in [0.15, 0.2) is 103 Å². The molecule has 0 radical (unpaired) electrons. The second-order valence-electron chi connectivity index (χ2n) is 7.27. The average Bonchev–Trinajstić information content (AvgIpc) is 2.78. The van der Waals surface area contributed by atoms with Gasteiger partial charge in [-0.3, -0.25) is 4.98 Å². The number of pyridine rings is 1. The normalized spacial score (nSPS) is 11.6. The summed E-state index contributed by atoms with van der Waals surface area (Å²) in [5, 5.41) is 7.87. The summed E-state index contributed by atoms with van der Waals surface area (Å²) in [7, 11) is 0. The summed E-state index contributed by atoms with van der Waals surface area (Å²) in [5.41, 5.74) is 4.53. The van der Waals surface area contributed by atoms with Gasteiger partial charge >= 0.3 is 0 Å². The van der Waals surface area contributed by atoms with Crippen LogP contribution in [0.5, 0.6) is 0 Å². The molecule has 0 amide bonds. The molecule has 130 valence electrons. The summed E-state index contributed by atoms with van der Waals surface area (Å²) >= 11 is 0. The van der Waals surface area contributed by atoms with E-state index in [1.165, 1.54) is 37.9 Å². The number of nitrogens with zero attached hydrogens (tertiary/aromatic N) is 1. The summed E-state index contributed by atoms with van der Waals surface area (Å²) in [6.45, 7) is 0. The molecule has 1 heterocycles. The molecular formula is C27H17N. The highest BCUT2D eigenvalue weighted by Crippen LogP contribution is 2.39. The fourth-order valence-corrected chi connectivity index (χ4v) is 4.32. The number of aromatic nitrogens is 1. The first-order chi connectivity index (χ1) is 13.9. The Balaban J connectivity index is 1.58. The zero-order valence-corrected chi connectivity index (χ0v) is 15.3. The van der Waals surface area contributed by atoms with Crippen molar-refractivity contribution in [3.05, 3.63) is 103 Å². The van der Waals surface area contributed by atoms with E-state index in [0.717, 1.165) is 16.8 Å². The lowest BCUT2D eigenvalue weighted by molar-refractivity contribution is 1.33. The minimum Gasteiger partial charge on any atom is -0.256 e. The second-order valence-corrected chi connectivity index (χ2v) is 7.27. The molecule has 0 aliphatic heterocycles. The van der Waals surface area contributed by atoms with Crippen molar-refractivity contribution >= 4 is 32.3 Å². The van der Waals surface area contributed by atoms with Crippen LogP contribution in [-0.4, -0.2) is 4.98 Å². The topological polar surface area (TPSA) is 12.9 Å². The molecule has 28 heavy (non-hydrogen) atoms. The summed E-state index contributed by atoms with van der Waals surface area (Å²) in [6.07, 6.45) is 1.99. The van der Waals surface area contributed by atoms with Crippen molar-refractivity contribution < 1.29 is 0 Å². The molecule has 0 bridgehead atoms. The maximum atomic E-state index is 4.73. The largest absolute Gasteiger partial charge is 0.256 e. The quantitative estimate of drug-likeness (QED) is 0.297. The van der Waals surface area contributed by atoms with E-state index in [0.29, 0.717) is 0 Å². The molecule has 0 spiro atoms. The van der Waals surface area contributed by atoms with Gasteiger partial charge in [0.15, 0.2) is 0 Å². The van der Waals surface area contributed by atoms with Crippen molar-refractivity contribution in [2.45, 2.75) is 0 Å². The highest BCUT2D eigenvalue weighted by Gasteiger charge is 2.12. The number of benzene rings is 5. The standard InChI is InChI=1S/C27H17N/c1-2-5-18(6-3-1)25-16-13-22(17-28-25)23-14-11-21-10-9-19-7-4-8-20-12-15-24(23)27(21)26(19)20/h1-17H. The summed E-state index contributed by atoms with van der Waals surface area (Å²) in [4.78, 5) is 4.73. The van der Waals surface area contributed by atoms with E-state index in [1.54, 1.807) is 0 Å². The third-order valence-electron chi connectivity index (χ3n) is 5.67. The third-order valence-corrected chi connectivity index (χ3v) is 5.67. The minimum atomic E-state index is 1.00. The zero-order chi connectivity index (χ0) is 18.5. The van der Waals surface area contributed by atoms with Gasteiger partial charge in [-0.1, -0.05) is 91.0 Å². The van der Waals surface area contributed by atoms with Crippen LogP contribution in [-0.2, 0) is 0 Å². The van der Waals surface area contributed by atoms with Crippen molar-refractivity contribution in [3.63, 3.8) is 0 Å². The fourth-order valence-electron chi connectivity index (χ4n) is 4.32. The van der Waals surface area contributed by atoms with E-state index < -0.39 is 0 Å². The van der Waals surface area contributed by atoms with Crippen molar-refractivity contribution in [3.8, 4) is 22.4 Å². The smallest absolute Gasteiger partial charge is 0.0702 e. The molecule has 5 aromatic carbocycles. The van der Waals surface area contributed by atoms with Crippen LogP contribution in [0, 0.1) is 0 Å².